The quantitative estimate of drug-likeness (QED) is 0.304. The summed E-state index contributed by atoms with van der Waals surface area (Å²) in [7, 11) is 3.20. The molecule has 1 aliphatic heterocycles. The van der Waals surface area contributed by atoms with Crippen LogP contribution >= 0.6 is 15.9 Å². The summed E-state index contributed by atoms with van der Waals surface area (Å²) in [5.74, 6) is 0.506. The molecule has 0 saturated carbocycles. The second-order valence-corrected chi connectivity index (χ2v) is 7.37. The van der Waals surface area contributed by atoms with E-state index in [2.05, 4.69) is 40.8 Å². The monoisotopic (exact) mass is 442 g/mol. The van der Waals surface area contributed by atoms with Crippen LogP contribution in [0.2, 0.25) is 0 Å². The number of benzene rings is 1. The average Bonchev–Trinajstić information content (AvgIpc) is 2.68. The summed E-state index contributed by atoms with van der Waals surface area (Å²) >= 11 is 3.19. The van der Waals surface area contributed by atoms with Gasteiger partial charge >= 0.3 is 5.97 Å². The number of nitrogens with zero attached hydrogens (tertiary/aromatic N) is 3. The smallest absolute Gasteiger partial charge is 0.305 e. The molecule has 0 radical (unpaired) electrons. The number of hydrogen-bond donors (Lipinski definition) is 1. The normalized spacial score (nSPS) is 15.7. The molecule has 1 aromatic carbocycles. The Morgan fingerprint density at radius 2 is 2.04 bits per heavy atom. The number of piperazine rings is 1. The number of carbonyl (C=O) groups excluding carboxylic acids is 1. The molecule has 1 heterocycles. The number of halogens is 2. The van der Waals surface area contributed by atoms with Crippen LogP contribution in [0.5, 0.6) is 0 Å². The Kier molecular flexibility index (Phi) is 9.00. The minimum atomic E-state index is -0.220. The maximum atomic E-state index is 13.7. The molecule has 0 atom stereocenters. The summed E-state index contributed by atoms with van der Waals surface area (Å²) in [6, 6.07) is 5.30. The third-order valence-electron chi connectivity index (χ3n) is 4.59. The fourth-order valence-corrected chi connectivity index (χ4v) is 3.29. The lowest BCUT2D eigenvalue weighted by molar-refractivity contribution is -0.140. The van der Waals surface area contributed by atoms with Gasteiger partial charge in [0.1, 0.15) is 5.82 Å². The van der Waals surface area contributed by atoms with Gasteiger partial charge in [-0.25, -0.2) is 4.39 Å². The number of guanidine groups is 1. The largest absolute Gasteiger partial charge is 0.469 e. The highest BCUT2D eigenvalue weighted by atomic mass is 79.9. The van der Waals surface area contributed by atoms with Crippen molar-refractivity contribution in [3.8, 4) is 0 Å². The van der Waals surface area contributed by atoms with Crippen molar-refractivity contribution in [2.24, 2.45) is 4.99 Å². The van der Waals surface area contributed by atoms with E-state index in [0.717, 1.165) is 63.6 Å². The van der Waals surface area contributed by atoms with E-state index in [-0.39, 0.29) is 11.8 Å². The van der Waals surface area contributed by atoms with Gasteiger partial charge in [-0.05, 0) is 46.5 Å². The third-order valence-corrected chi connectivity index (χ3v) is 5.24. The molecule has 2 rings (SSSR count). The number of unbranched alkanes of at least 4 members (excludes halogenated alkanes) is 1. The molecule has 0 bridgehead atoms. The minimum Gasteiger partial charge on any atom is -0.469 e. The highest BCUT2D eigenvalue weighted by molar-refractivity contribution is 9.10. The molecule has 27 heavy (non-hydrogen) atoms. The van der Waals surface area contributed by atoms with Gasteiger partial charge in [0.05, 0.1) is 11.6 Å². The van der Waals surface area contributed by atoms with Crippen LogP contribution in [0.3, 0.4) is 0 Å². The van der Waals surface area contributed by atoms with Crippen molar-refractivity contribution in [1.29, 1.82) is 0 Å². The molecule has 8 heteroatoms. The average molecular weight is 443 g/mol. The maximum Gasteiger partial charge on any atom is 0.305 e. The summed E-state index contributed by atoms with van der Waals surface area (Å²) in [5, 5.41) is 3.36. The van der Waals surface area contributed by atoms with Crippen molar-refractivity contribution in [2.45, 2.75) is 25.8 Å². The first kappa shape index (κ1) is 21.6. The predicted molar refractivity (Wildman–Crippen MR) is 108 cm³/mol. The Hall–Kier alpha value is -1.67. The molecule has 1 fully saturated rings. The molecule has 1 saturated heterocycles. The van der Waals surface area contributed by atoms with Crippen LogP contribution < -0.4 is 5.32 Å². The van der Waals surface area contributed by atoms with Gasteiger partial charge in [-0.15, -0.1) is 0 Å². The molecular weight excluding hydrogens is 415 g/mol. The SMILES string of the molecule is CN=C(NCCCCC(=O)OC)N1CCN(Cc2ccc(Br)c(F)c2)CC1. The second kappa shape index (κ2) is 11.2. The summed E-state index contributed by atoms with van der Waals surface area (Å²) in [5.41, 5.74) is 0.984. The van der Waals surface area contributed by atoms with E-state index in [0.29, 0.717) is 10.9 Å². The lowest BCUT2D eigenvalue weighted by Crippen LogP contribution is -2.52. The first-order valence-electron chi connectivity index (χ1n) is 9.22. The number of esters is 1. The Bertz CT molecular complexity index is 649. The highest BCUT2D eigenvalue weighted by Gasteiger charge is 2.19. The molecule has 1 aliphatic rings. The zero-order valence-corrected chi connectivity index (χ0v) is 17.6. The van der Waals surface area contributed by atoms with Crippen LogP contribution in [-0.2, 0) is 16.1 Å². The summed E-state index contributed by atoms with van der Waals surface area (Å²) in [6.07, 6.45) is 2.14. The first-order chi connectivity index (χ1) is 13.0. The fraction of sp³-hybridized carbons (Fsp3) is 0.579. The van der Waals surface area contributed by atoms with Crippen molar-refractivity contribution in [3.05, 3.63) is 34.1 Å². The van der Waals surface area contributed by atoms with Gasteiger partial charge in [-0.3, -0.25) is 14.7 Å². The van der Waals surface area contributed by atoms with Crippen molar-refractivity contribution >= 4 is 27.9 Å². The first-order valence-corrected chi connectivity index (χ1v) is 10.0. The molecule has 1 aromatic rings. The Morgan fingerprint density at radius 1 is 1.30 bits per heavy atom. The van der Waals surface area contributed by atoms with E-state index < -0.39 is 0 Å². The predicted octanol–water partition coefficient (Wildman–Crippen LogP) is 2.62. The number of aliphatic imine (C=N–C) groups is 1. The highest BCUT2D eigenvalue weighted by Crippen LogP contribution is 2.18. The number of methoxy groups -OCH3 is 1. The van der Waals surface area contributed by atoms with Crippen molar-refractivity contribution in [3.63, 3.8) is 0 Å². The zero-order chi connectivity index (χ0) is 19.6. The molecule has 6 nitrogen and oxygen atoms in total. The summed E-state index contributed by atoms with van der Waals surface area (Å²) in [6.45, 7) is 5.09. The molecular formula is C19H28BrFN4O2. The molecule has 150 valence electrons. The number of nitrogens with one attached hydrogen (secondary N) is 1. The molecule has 0 amide bonds. The molecule has 0 spiro atoms. The van der Waals surface area contributed by atoms with Gasteiger partial charge in [0.25, 0.3) is 0 Å². The third kappa shape index (κ3) is 7.10. The van der Waals surface area contributed by atoms with E-state index in [1.54, 1.807) is 19.2 Å². The van der Waals surface area contributed by atoms with Crippen LogP contribution in [-0.4, -0.2) is 68.6 Å². The van der Waals surface area contributed by atoms with Gasteiger partial charge in [0.15, 0.2) is 5.96 Å². The number of ether oxygens (including phenoxy) is 1. The van der Waals surface area contributed by atoms with Gasteiger partial charge < -0.3 is 15.0 Å². The number of hydrogen-bond acceptors (Lipinski definition) is 4. The Morgan fingerprint density at radius 3 is 2.67 bits per heavy atom. The van der Waals surface area contributed by atoms with Crippen molar-refractivity contribution in [2.75, 3.05) is 46.9 Å². The molecule has 0 unspecified atom stereocenters. The summed E-state index contributed by atoms with van der Waals surface area (Å²) < 4.78 is 18.8. The van der Waals surface area contributed by atoms with E-state index >= 15 is 0 Å². The minimum absolute atomic E-state index is 0.166. The van der Waals surface area contributed by atoms with E-state index in [1.807, 2.05) is 6.07 Å². The molecule has 0 aliphatic carbocycles. The van der Waals surface area contributed by atoms with Gasteiger partial charge in [0, 0.05) is 52.7 Å². The van der Waals surface area contributed by atoms with Gasteiger partial charge in [-0.2, -0.15) is 0 Å². The second-order valence-electron chi connectivity index (χ2n) is 6.52. The van der Waals surface area contributed by atoms with Crippen LogP contribution in [0.1, 0.15) is 24.8 Å². The number of carbonyl (C=O) groups is 1. The standard InChI is InChI=1S/C19H28BrFN4O2/c1-22-19(23-8-4-3-5-18(26)27-2)25-11-9-24(10-12-25)14-15-6-7-16(20)17(21)13-15/h6-7,13H,3-5,8-12,14H2,1-2H3,(H,22,23). The van der Waals surface area contributed by atoms with Crippen molar-refractivity contribution in [1.82, 2.24) is 15.1 Å². The van der Waals surface area contributed by atoms with Crippen LogP contribution in [0.15, 0.2) is 27.7 Å². The van der Waals surface area contributed by atoms with E-state index in [1.165, 1.54) is 7.11 Å². The topological polar surface area (TPSA) is 57.2 Å². The number of rotatable bonds is 7. The van der Waals surface area contributed by atoms with E-state index in [4.69, 9.17) is 0 Å². The fourth-order valence-electron chi connectivity index (χ4n) is 3.04. The van der Waals surface area contributed by atoms with Crippen LogP contribution in [0, 0.1) is 5.82 Å². The van der Waals surface area contributed by atoms with Gasteiger partial charge in [0.2, 0.25) is 0 Å². The summed E-state index contributed by atoms with van der Waals surface area (Å²) in [4.78, 5) is 20.0. The Balaban J connectivity index is 1.71. The van der Waals surface area contributed by atoms with Crippen molar-refractivity contribution < 1.29 is 13.9 Å². The molecule has 0 aromatic heterocycles. The Labute approximate surface area is 168 Å². The maximum absolute atomic E-state index is 13.7. The lowest BCUT2D eigenvalue weighted by Gasteiger charge is -2.36. The molecule has 1 N–H and O–H groups in total. The van der Waals surface area contributed by atoms with Gasteiger partial charge in [-0.1, -0.05) is 6.07 Å². The van der Waals surface area contributed by atoms with E-state index in [9.17, 15) is 9.18 Å². The van der Waals surface area contributed by atoms with Crippen LogP contribution in [0.25, 0.3) is 0 Å². The van der Waals surface area contributed by atoms with Crippen LogP contribution in [0.4, 0.5) is 4.39 Å². The zero-order valence-electron chi connectivity index (χ0n) is 16.0. The lowest BCUT2D eigenvalue weighted by atomic mass is 10.2.